The van der Waals surface area contributed by atoms with E-state index in [9.17, 15) is 4.79 Å². The SMILES string of the molecule is NC(=O)c1ccc(NC2CNC2)c(Br)c1. The highest BCUT2D eigenvalue weighted by Gasteiger charge is 2.17. The van der Waals surface area contributed by atoms with E-state index in [0.29, 0.717) is 11.6 Å². The van der Waals surface area contributed by atoms with E-state index < -0.39 is 5.91 Å². The van der Waals surface area contributed by atoms with E-state index in [2.05, 4.69) is 26.6 Å². The summed E-state index contributed by atoms with van der Waals surface area (Å²) in [5.74, 6) is -0.410. The molecule has 4 N–H and O–H groups in total. The minimum absolute atomic E-state index is 0.410. The van der Waals surface area contributed by atoms with Gasteiger partial charge in [0.1, 0.15) is 0 Å². The molecule has 1 aromatic rings. The second-order valence-corrected chi connectivity index (χ2v) is 4.41. The fraction of sp³-hybridized carbons (Fsp3) is 0.300. The first kappa shape index (κ1) is 10.4. The number of amides is 1. The third-order valence-corrected chi connectivity index (χ3v) is 3.05. The summed E-state index contributed by atoms with van der Waals surface area (Å²) < 4.78 is 0.866. The highest BCUT2D eigenvalue weighted by atomic mass is 79.9. The maximum absolute atomic E-state index is 10.9. The van der Waals surface area contributed by atoms with Crippen LogP contribution >= 0.6 is 15.9 Å². The molecule has 1 saturated heterocycles. The minimum atomic E-state index is -0.410. The van der Waals surface area contributed by atoms with Crippen LogP contribution in [0.4, 0.5) is 5.69 Å². The van der Waals surface area contributed by atoms with Crippen LogP contribution < -0.4 is 16.4 Å². The molecule has 0 aliphatic carbocycles. The van der Waals surface area contributed by atoms with Crippen molar-refractivity contribution in [1.29, 1.82) is 0 Å². The molecule has 1 aliphatic rings. The van der Waals surface area contributed by atoms with Crippen molar-refractivity contribution in [2.24, 2.45) is 5.73 Å². The van der Waals surface area contributed by atoms with E-state index in [1.807, 2.05) is 6.07 Å². The van der Waals surface area contributed by atoms with Gasteiger partial charge in [-0.2, -0.15) is 0 Å². The average molecular weight is 270 g/mol. The van der Waals surface area contributed by atoms with Crippen molar-refractivity contribution in [3.8, 4) is 0 Å². The third-order valence-electron chi connectivity index (χ3n) is 2.39. The highest BCUT2D eigenvalue weighted by molar-refractivity contribution is 9.10. The van der Waals surface area contributed by atoms with Gasteiger partial charge in [-0.3, -0.25) is 4.79 Å². The monoisotopic (exact) mass is 269 g/mol. The molecule has 0 radical (unpaired) electrons. The summed E-state index contributed by atoms with van der Waals surface area (Å²) in [6.45, 7) is 1.95. The van der Waals surface area contributed by atoms with Crippen LogP contribution in [-0.4, -0.2) is 25.0 Å². The Morgan fingerprint density at radius 1 is 1.53 bits per heavy atom. The van der Waals surface area contributed by atoms with Gasteiger partial charge >= 0.3 is 0 Å². The first-order valence-corrected chi connectivity index (χ1v) is 5.53. The molecule has 0 bridgehead atoms. The molecule has 1 fully saturated rings. The van der Waals surface area contributed by atoms with Crippen LogP contribution in [-0.2, 0) is 0 Å². The Kier molecular flexibility index (Phi) is 2.93. The van der Waals surface area contributed by atoms with Gasteiger partial charge in [0.05, 0.1) is 6.04 Å². The van der Waals surface area contributed by atoms with Gasteiger partial charge in [-0.25, -0.2) is 0 Å². The lowest BCUT2D eigenvalue weighted by Gasteiger charge is -2.29. The van der Waals surface area contributed by atoms with Crippen LogP contribution in [0, 0.1) is 0 Å². The Balaban J connectivity index is 2.14. The van der Waals surface area contributed by atoms with Gasteiger partial charge in [-0.1, -0.05) is 0 Å². The molecule has 1 aliphatic heterocycles. The van der Waals surface area contributed by atoms with Gasteiger partial charge in [0.2, 0.25) is 5.91 Å². The van der Waals surface area contributed by atoms with E-state index in [1.54, 1.807) is 12.1 Å². The van der Waals surface area contributed by atoms with Crippen molar-refractivity contribution >= 4 is 27.5 Å². The van der Waals surface area contributed by atoms with Gasteiger partial charge < -0.3 is 16.4 Å². The van der Waals surface area contributed by atoms with Crippen LogP contribution in [0.5, 0.6) is 0 Å². The predicted octanol–water partition coefficient (Wildman–Crippen LogP) is 0.932. The van der Waals surface area contributed by atoms with Crippen molar-refractivity contribution in [2.75, 3.05) is 18.4 Å². The molecule has 2 rings (SSSR count). The Labute approximate surface area is 96.4 Å². The molecule has 4 nitrogen and oxygen atoms in total. The smallest absolute Gasteiger partial charge is 0.248 e. The standard InChI is InChI=1S/C10H12BrN3O/c11-8-3-6(10(12)15)1-2-9(8)14-7-4-13-5-7/h1-3,7,13-14H,4-5H2,(H2,12,15). The van der Waals surface area contributed by atoms with E-state index >= 15 is 0 Å². The van der Waals surface area contributed by atoms with Gasteiger partial charge in [-0.15, -0.1) is 0 Å². The Hall–Kier alpha value is -1.07. The Morgan fingerprint density at radius 3 is 2.73 bits per heavy atom. The number of rotatable bonds is 3. The molecular formula is C10H12BrN3O. The first-order valence-electron chi connectivity index (χ1n) is 4.73. The summed E-state index contributed by atoms with van der Waals surface area (Å²) in [5, 5.41) is 6.53. The number of carbonyl (C=O) groups excluding carboxylic acids is 1. The quantitative estimate of drug-likeness (QED) is 0.765. The molecule has 0 saturated carbocycles. The lowest BCUT2D eigenvalue weighted by Crippen LogP contribution is -2.51. The normalized spacial score (nSPS) is 15.8. The van der Waals surface area contributed by atoms with Crippen molar-refractivity contribution in [1.82, 2.24) is 5.32 Å². The summed E-state index contributed by atoms with van der Waals surface area (Å²) in [7, 11) is 0. The second-order valence-electron chi connectivity index (χ2n) is 3.56. The maximum atomic E-state index is 10.9. The van der Waals surface area contributed by atoms with Crippen molar-refractivity contribution < 1.29 is 4.79 Å². The summed E-state index contributed by atoms with van der Waals surface area (Å²) in [6, 6.07) is 5.79. The molecule has 0 spiro atoms. The molecule has 0 unspecified atom stereocenters. The van der Waals surface area contributed by atoms with Crippen LogP contribution in [0.3, 0.4) is 0 Å². The molecule has 1 aromatic carbocycles. The van der Waals surface area contributed by atoms with Gasteiger partial charge in [0.25, 0.3) is 0 Å². The molecule has 1 amide bonds. The highest BCUT2D eigenvalue weighted by Crippen LogP contribution is 2.24. The number of primary amides is 1. The fourth-order valence-corrected chi connectivity index (χ4v) is 1.89. The van der Waals surface area contributed by atoms with E-state index in [-0.39, 0.29) is 0 Å². The number of benzene rings is 1. The fourth-order valence-electron chi connectivity index (χ4n) is 1.40. The number of nitrogens with two attached hydrogens (primary N) is 1. The van der Waals surface area contributed by atoms with Crippen LogP contribution in [0.15, 0.2) is 22.7 Å². The number of carbonyl (C=O) groups is 1. The second kappa shape index (κ2) is 4.20. The molecule has 80 valence electrons. The molecule has 0 aromatic heterocycles. The summed E-state index contributed by atoms with van der Waals surface area (Å²) in [5.41, 5.74) is 6.69. The summed E-state index contributed by atoms with van der Waals surface area (Å²) in [4.78, 5) is 10.9. The van der Waals surface area contributed by atoms with Gasteiger partial charge in [0.15, 0.2) is 0 Å². The number of anilines is 1. The van der Waals surface area contributed by atoms with E-state index in [1.165, 1.54) is 0 Å². The van der Waals surface area contributed by atoms with Crippen molar-refractivity contribution in [3.63, 3.8) is 0 Å². The lowest BCUT2D eigenvalue weighted by molar-refractivity contribution is 0.100. The number of halogens is 1. The predicted molar refractivity (Wildman–Crippen MR) is 62.9 cm³/mol. The average Bonchev–Trinajstić information content (AvgIpc) is 2.12. The molecule has 5 heteroatoms. The summed E-state index contributed by atoms with van der Waals surface area (Å²) >= 11 is 3.41. The van der Waals surface area contributed by atoms with Crippen LogP contribution in [0.1, 0.15) is 10.4 Å². The zero-order valence-corrected chi connectivity index (χ0v) is 9.67. The van der Waals surface area contributed by atoms with Gasteiger partial charge in [-0.05, 0) is 34.1 Å². The van der Waals surface area contributed by atoms with Gasteiger partial charge in [0, 0.05) is 28.8 Å². The number of hydrogen-bond acceptors (Lipinski definition) is 3. The summed E-state index contributed by atoms with van der Waals surface area (Å²) in [6.07, 6.45) is 0. The maximum Gasteiger partial charge on any atom is 0.248 e. The number of nitrogens with one attached hydrogen (secondary N) is 2. The number of hydrogen-bond donors (Lipinski definition) is 3. The van der Waals surface area contributed by atoms with Crippen molar-refractivity contribution in [2.45, 2.75) is 6.04 Å². The van der Waals surface area contributed by atoms with E-state index in [0.717, 1.165) is 23.2 Å². The molecular weight excluding hydrogens is 258 g/mol. The lowest BCUT2D eigenvalue weighted by atomic mass is 10.1. The first-order chi connectivity index (χ1) is 7.16. The topological polar surface area (TPSA) is 67.2 Å². The van der Waals surface area contributed by atoms with E-state index in [4.69, 9.17) is 5.73 Å². The zero-order valence-electron chi connectivity index (χ0n) is 8.09. The molecule has 0 atom stereocenters. The Bertz CT molecular complexity index is 390. The largest absolute Gasteiger partial charge is 0.379 e. The molecule has 1 heterocycles. The van der Waals surface area contributed by atoms with Crippen LogP contribution in [0.2, 0.25) is 0 Å². The van der Waals surface area contributed by atoms with Crippen molar-refractivity contribution in [3.05, 3.63) is 28.2 Å². The zero-order chi connectivity index (χ0) is 10.8. The Morgan fingerprint density at radius 2 is 2.27 bits per heavy atom. The molecule has 15 heavy (non-hydrogen) atoms. The third kappa shape index (κ3) is 2.30. The van der Waals surface area contributed by atoms with Crippen LogP contribution in [0.25, 0.3) is 0 Å². The minimum Gasteiger partial charge on any atom is -0.379 e.